The molecule has 100 valence electrons. The first kappa shape index (κ1) is 12.1. The average Bonchev–Trinajstić information content (AvgIpc) is 2.85. The maximum Gasteiger partial charge on any atom is 0.146 e. The minimum atomic E-state index is 0.0932. The summed E-state index contributed by atoms with van der Waals surface area (Å²) in [7, 11) is 0. The zero-order valence-corrected chi connectivity index (χ0v) is 10.5. The molecule has 20 heavy (non-hydrogen) atoms. The van der Waals surface area contributed by atoms with Gasteiger partial charge in [0.25, 0.3) is 0 Å². The van der Waals surface area contributed by atoms with Gasteiger partial charge in [0.2, 0.25) is 0 Å². The second kappa shape index (κ2) is 4.96. The quantitative estimate of drug-likeness (QED) is 0.320. The molecule has 2 heterocycles. The predicted octanol–water partition coefficient (Wildman–Crippen LogP) is 1.10. The first-order valence-electron chi connectivity index (χ1n) is 5.98. The van der Waals surface area contributed by atoms with E-state index in [0.717, 1.165) is 11.0 Å². The van der Waals surface area contributed by atoms with Crippen LogP contribution < -0.4 is 5.73 Å². The number of hydrogen-bond donors (Lipinski definition) is 2. The molecule has 0 aliphatic heterocycles. The summed E-state index contributed by atoms with van der Waals surface area (Å²) in [6.07, 6.45) is 3.36. The number of imidazole rings is 1. The monoisotopic (exact) mass is 268 g/mol. The van der Waals surface area contributed by atoms with Gasteiger partial charge in [-0.2, -0.15) is 0 Å². The van der Waals surface area contributed by atoms with E-state index in [-0.39, 0.29) is 12.3 Å². The Hall–Kier alpha value is -2.96. The summed E-state index contributed by atoms with van der Waals surface area (Å²) < 4.78 is 1.87. The van der Waals surface area contributed by atoms with Gasteiger partial charge in [-0.25, -0.2) is 15.0 Å². The van der Waals surface area contributed by atoms with Gasteiger partial charge in [-0.05, 0) is 18.2 Å². The van der Waals surface area contributed by atoms with Crippen LogP contribution in [0, 0.1) is 0 Å². The second-order valence-corrected chi connectivity index (χ2v) is 4.19. The lowest BCUT2D eigenvalue weighted by Gasteiger charge is -2.07. The highest BCUT2D eigenvalue weighted by Crippen LogP contribution is 2.20. The number of aromatic nitrogens is 4. The number of rotatable bonds is 3. The lowest BCUT2D eigenvalue weighted by Crippen LogP contribution is -2.18. The highest BCUT2D eigenvalue weighted by molar-refractivity contribution is 5.84. The van der Waals surface area contributed by atoms with E-state index in [4.69, 9.17) is 10.9 Å². The molecule has 3 aromatic rings. The summed E-state index contributed by atoms with van der Waals surface area (Å²) in [5, 5.41) is 11.7. The van der Waals surface area contributed by atoms with Crippen molar-refractivity contribution in [3.05, 3.63) is 48.7 Å². The summed E-state index contributed by atoms with van der Waals surface area (Å²) in [5.74, 6) is 1.44. The third-order valence-electron chi connectivity index (χ3n) is 2.89. The van der Waals surface area contributed by atoms with Crippen LogP contribution in [0.4, 0.5) is 0 Å². The molecular formula is C13H12N6O. The maximum atomic E-state index is 8.73. The molecule has 3 rings (SSSR count). The predicted molar refractivity (Wildman–Crippen MR) is 73.8 cm³/mol. The van der Waals surface area contributed by atoms with Gasteiger partial charge in [0, 0.05) is 6.20 Å². The number of nitrogens with zero attached hydrogens (tertiary/aromatic N) is 5. The molecule has 0 fully saturated rings. The maximum absolute atomic E-state index is 8.73. The van der Waals surface area contributed by atoms with Gasteiger partial charge in [-0.15, -0.1) is 0 Å². The normalized spacial score (nSPS) is 11.9. The van der Waals surface area contributed by atoms with E-state index in [1.54, 1.807) is 12.3 Å². The Morgan fingerprint density at radius 1 is 1.30 bits per heavy atom. The van der Waals surface area contributed by atoms with Gasteiger partial charge in [0.05, 0.1) is 17.5 Å². The topological polar surface area (TPSA) is 102 Å². The van der Waals surface area contributed by atoms with E-state index >= 15 is 0 Å². The van der Waals surface area contributed by atoms with Crippen molar-refractivity contribution in [1.29, 1.82) is 0 Å². The fourth-order valence-electron chi connectivity index (χ4n) is 2.06. The SMILES string of the molecule is NC(Cc1nc2ccccc2n1-c1ccncn1)=NO. The van der Waals surface area contributed by atoms with Gasteiger partial charge in [0.1, 0.15) is 23.8 Å². The molecular weight excluding hydrogens is 256 g/mol. The summed E-state index contributed by atoms with van der Waals surface area (Å²) in [5.41, 5.74) is 7.32. The van der Waals surface area contributed by atoms with Gasteiger partial charge in [-0.3, -0.25) is 4.57 Å². The Morgan fingerprint density at radius 2 is 2.15 bits per heavy atom. The smallest absolute Gasteiger partial charge is 0.146 e. The third-order valence-corrected chi connectivity index (χ3v) is 2.89. The molecule has 7 nitrogen and oxygen atoms in total. The molecule has 0 unspecified atom stereocenters. The van der Waals surface area contributed by atoms with Gasteiger partial charge < -0.3 is 10.9 Å². The zero-order chi connectivity index (χ0) is 13.9. The van der Waals surface area contributed by atoms with E-state index in [2.05, 4.69) is 20.1 Å². The number of oxime groups is 1. The molecule has 0 aliphatic carbocycles. The number of amidine groups is 1. The molecule has 0 aliphatic rings. The number of benzene rings is 1. The fourth-order valence-corrected chi connectivity index (χ4v) is 2.06. The summed E-state index contributed by atoms with van der Waals surface area (Å²) >= 11 is 0. The first-order valence-corrected chi connectivity index (χ1v) is 5.98. The molecule has 0 amide bonds. The van der Waals surface area contributed by atoms with Crippen molar-refractivity contribution < 1.29 is 5.21 Å². The molecule has 1 aromatic carbocycles. The van der Waals surface area contributed by atoms with Gasteiger partial charge in [-0.1, -0.05) is 17.3 Å². The Balaban J connectivity index is 2.23. The minimum Gasteiger partial charge on any atom is -0.409 e. The van der Waals surface area contributed by atoms with Gasteiger partial charge in [0.15, 0.2) is 0 Å². The largest absolute Gasteiger partial charge is 0.409 e. The second-order valence-electron chi connectivity index (χ2n) is 4.19. The molecule has 7 heteroatoms. The molecule has 0 saturated heterocycles. The van der Waals surface area contributed by atoms with Crippen LogP contribution in [0.15, 0.2) is 48.0 Å². The first-order chi connectivity index (χ1) is 9.79. The Morgan fingerprint density at radius 3 is 2.90 bits per heavy atom. The number of nitrogens with two attached hydrogens (primary N) is 1. The molecule has 0 saturated carbocycles. The molecule has 2 aromatic heterocycles. The van der Waals surface area contributed by atoms with Crippen molar-refractivity contribution in [1.82, 2.24) is 19.5 Å². The van der Waals surface area contributed by atoms with E-state index < -0.39 is 0 Å². The van der Waals surface area contributed by atoms with E-state index in [1.165, 1.54) is 6.33 Å². The van der Waals surface area contributed by atoms with Crippen LogP contribution >= 0.6 is 0 Å². The van der Waals surface area contributed by atoms with Crippen molar-refractivity contribution in [2.45, 2.75) is 6.42 Å². The van der Waals surface area contributed by atoms with Crippen LogP contribution in [0.1, 0.15) is 5.82 Å². The molecule has 3 N–H and O–H groups in total. The van der Waals surface area contributed by atoms with Crippen LogP contribution in [0.2, 0.25) is 0 Å². The van der Waals surface area contributed by atoms with E-state index in [1.807, 2.05) is 28.8 Å². The number of fused-ring (bicyclic) bond motifs is 1. The lowest BCUT2D eigenvalue weighted by molar-refractivity contribution is 0.317. The molecule has 0 radical (unpaired) electrons. The summed E-state index contributed by atoms with van der Waals surface area (Å²) in [4.78, 5) is 12.7. The van der Waals surface area contributed by atoms with Crippen LogP contribution in [0.25, 0.3) is 16.9 Å². The van der Waals surface area contributed by atoms with Crippen LogP contribution in [-0.4, -0.2) is 30.6 Å². The minimum absolute atomic E-state index is 0.0932. The van der Waals surface area contributed by atoms with Crippen molar-refractivity contribution in [3.63, 3.8) is 0 Å². The van der Waals surface area contributed by atoms with Crippen LogP contribution in [0.3, 0.4) is 0 Å². The summed E-state index contributed by atoms with van der Waals surface area (Å²) in [6, 6.07) is 9.47. The van der Waals surface area contributed by atoms with Crippen LogP contribution in [0.5, 0.6) is 0 Å². The fraction of sp³-hybridized carbons (Fsp3) is 0.0769. The molecule has 0 atom stereocenters. The lowest BCUT2D eigenvalue weighted by atomic mass is 10.3. The highest BCUT2D eigenvalue weighted by Gasteiger charge is 2.14. The zero-order valence-electron chi connectivity index (χ0n) is 10.5. The van der Waals surface area contributed by atoms with E-state index in [0.29, 0.717) is 11.6 Å². The van der Waals surface area contributed by atoms with E-state index in [9.17, 15) is 0 Å². The van der Waals surface area contributed by atoms with Crippen molar-refractivity contribution >= 4 is 16.9 Å². The van der Waals surface area contributed by atoms with Crippen LogP contribution in [-0.2, 0) is 6.42 Å². The third kappa shape index (κ3) is 2.05. The number of hydrogen-bond acceptors (Lipinski definition) is 5. The van der Waals surface area contributed by atoms with Crippen molar-refractivity contribution in [2.75, 3.05) is 0 Å². The Labute approximate surface area is 114 Å². The number of para-hydroxylation sites is 2. The highest BCUT2D eigenvalue weighted by atomic mass is 16.4. The average molecular weight is 268 g/mol. The van der Waals surface area contributed by atoms with Gasteiger partial charge >= 0.3 is 0 Å². The molecule has 0 bridgehead atoms. The standard InChI is InChI=1S/C13H12N6O/c14-11(18-20)7-13-17-9-3-1-2-4-10(9)19(13)12-5-6-15-8-16-12/h1-6,8,20H,7H2,(H2,14,18). The van der Waals surface area contributed by atoms with Crippen molar-refractivity contribution in [2.24, 2.45) is 10.9 Å². The summed E-state index contributed by atoms with van der Waals surface area (Å²) in [6.45, 7) is 0. The van der Waals surface area contributed by atoms with Crippen molar-refractivity contribution in [3.8, 4) is 5.82 Å². The Bertz CT molecular complexity index is 765. The Kier molecular flexibility index (Phi) is 3.00. The molecule has 0 spiro atoms.